The molecule has 3 nitrogen and oxygen atoms in total. The van der Waals surface area contributed by atoms with Gasteiger partial charge in [-0.25, -0.2) is 0 Å². The Balaban J connectivity index is 1.55. The van der Waals surface area contributed by atoms with E-state index in [0.717, 1.165) is 11.7 Å². The Labute approximate surface area is 122 Å². The van der Waals surface area contributed by atoms with Crippen LogP contribution in [0, 0.1) is 0 Å². The molecule has 0 spiro atoms. The average Bonchev–Trinajstić information content (AvgIpc) is 3.02. The third-order valence-electron chi connectivity index (χ3n) is 5.16. The number of anilines is 1. The van der Waals surface area contributed by atoms with Crippen LogP contribution in [0.1, 0.15) is 44.2 Å². The van der Waals surface area contributed by atoms with Gasteiger partial charge in [-0.1, -0.05) is 25.0 Å². The van der Waals surface area contributed by atoms with Gasteiger partial charge in [0.25, 0.3) is 0 Å². The predicted molar refractivity (Wildman–Crippen MR) is 84.7 cm³/mol. The average molecular weight is 273 g/mol. The van der Waals surface area contributed by atoms with Crippen molar-refractivity contribution in [3.63, 3.8) is 0 Å². The summed E-state index contributed by atoms with van der Waals surface area (Å²) >= 11 is 0. The highest BCUT2D eigenvalue weighted by atomic mass is 15.3. The fourth-order valence-corrected chi connectivity index (χ4v) is 3.74. The molecule has 3 heteroatoms. The van der Waals surface area contributed by atoms with E-state index < -0.39 is 0 Å². The van der Waals surface area contributed by atoms with Gasteiger partial charge >= 0.3 is 0 Å². The van der Waals surface area contributed by atoms with Crippen LogP contribution in [0.3, 0.4) is 0 Å². The van der Waals surface area contributed by atoms with Crippen LogP contribution in [0.4, 0.5) is 5.69 Å². The van der Waals surface area contributed by atoms with Gasteiger partial charge in [-0.15, -0.1) is 0 Å². The fraction of sp³-hybridized carbons (Fsp3) is 0.647. The summed E-state index contributed by atoms with van der Waals surface area (Å²) in [6.45, 7) is 7.19. The number of nitrogens with zero attached hydrogens (tertiary/aromatic N) is 2. The highest BCUT2D eigenvalue weighted by Crippen LogP contribution is 2.27. The number of nitrogen functional groups attached to an aromatic ring is 1. The van der Waals surface area contributed by atoms with Crippen LogP contribution < -0.4 is 5.73 Å². The first-order chi connectivity index (χ1) is 9.74. The maximum Gasteiger partial charge on any atom is 0.0320 e. The summed E-state index contributed by atoms with van der Waals surface area (Å²) in [6.07, 6.45) is 5.72. The van der Waals surface area contributed by atoms with Crippen molar-refractivity contribution in [2.75, 3.05) is 31.9 Å². The first kappa shape index (κ1) is 13.9. The zero-order valence-electron chi connectivity index (χ0n) is 12.6. The van der Waals surface area contributed by atoms with Gasteiger partial charge in [0.15, 0.2) is 0 Å². The normalized spacial score (nSPS) is 24.1. The Kier molecular flexibility index (Phi) is 4.27. The van der Waals surface area contributed by atoms with Crippen molar-refractivity contribution in [2.24, 2.45) is 0 Å². The molecular formula is C17H27N3. The Morgan fingerprint density at radius 1 is 1.00 bits per heavy atom. The molecule has 1 heterocycles. The number of hydrogen-bond acceptors (Lipinski definition) is 3. The zero-order chi connectivity index (χ0) is 13.9. The van der Waals surface area contributed by atoms with E-state index in [9.17, 15) is 0 Å². The van der Waals surface area contributed by atoms with E-state index in [2.05, 4.69) is 28.9 Å². The molecule has 20 heavy (non-hydrogen) atoms. The maximum absolute atomic E-state index is 5.77. The van der Waals surface area contributed by atoms with E-state index in [1.807, 2.05) is 12.1 Å². The standard InChI is InChI=1S/C17H27N3/c1-14(15-6-8-16(18)9-7-15)19-10-12-20(13-11-19)17-4-2-3-5-17/h6-9,14,17H,2-5,10-13,18H2,1H3. The minimum absolute atomic E-state index is 0.501. The molecule has 0 radical (unpaired) electrons. The quantitative estimate of drug-likeness (QED) is 0.860. The van der Waals surface area contributed by atoms with E-state index in [4.69, 9.17) is 5.73 Å². The highest BCUT2D eigenvalue weighted by molar-refractivity contribution is 5.40. The van der Waals surface area contributed by atoms with Crippen LogP contribution in [0.2, 0.25) is 0 Å². The van der Waals surface area contributed by atoms with Crippen LogP contribution in [0.5, 0.6) is 0 Å². The molecule has 0 amide bonds. The molecule has 1 unspecified atom stereocenters. The molecule has 3 rings (SSSR count). The minimum atomic E-state index is 0.501. The second-order valence-corrected chi connectivity index (χ2v) is 6.35. The Morgan fingerprint density at radius 2 is 1.60 bits per heavy atom. The molecule has 2 N–H and O–H groups in total. The van der Waals surface area contributed by atoms with Crippen molar-refractivity contribution < 1.29 is 0 Å². The molecular weight excluding hydrogens is 246 g/mol. The molecule has 1 aromatic carbocycles. The molecule has 2 aliphatic rings. The van der Waals surface area contributed by atoms with Gasteiger partial charge < -0.3 is 5.73 Å². The van der Waals surface area contributed by atoms with Crippen LogP contribution in [0.25, 0.3) is 0 Å². The predicted octanol–water partition coefficient (Wildman–Crippen LogP) is 2.89. The summed E-state index contributed by atoms with van der Waals surface area (Å²) in [5, 5.41) is 0. The summed E-state index contributed by atoms with van der Waals surface area (Å²) in [5.41, 5.74) is 8.01. The summed E-state index contributed by atoms with van der Waals surface area (Å²) < 4.78 is 0. The third kappa shape index (κ3) is 2.99. The van der Waals surface area contributed by atoms with Gasteiger partial charge in [0.05, 0.1) is 0 Å². The van der Waals surface area contributed by atoms with Gasteiger partial charge in [-0.2, -0.15) is 0 Å². The topological polar surface area (TPSA) is 32.5 Å². The molecule has 1 aliphatic heterocycles. The van der Waals surface area contributed by atoms with Crippen molar-refractivity contribution in [3.05, 3.63) is 29.8 Å². The summed E-state index contributed by atoms with van der Waals surface area (Å²) in [4.78, 5) is 5.33. The summed E-state index contributed by atoms with van der Waals surface area (Å²) in [7, 11) is 0. The Bertz CT molecular complexity index is 414. The lowest BCUT2D eigenvalue weighted by atomic mass is 10.1. The van der Waals surface area contributed by atoms with Crippen molar-refractivity contribution in [2.45, 2.75) is 44.7 Å². The number of nitrogens with two attached hydrogens (primary N) is 1. The lowest BCUT2D eigenvalue weighted by Crippen LogP contribution is -2.50. The molecule has 2 fully saturated rings. The van der Waals surface area contributed by atoms with Crippen LogP contribution in [0.15, 0.2) is 24.3 Å². The Hall–Kier alpha value is -1.06. The molecule has 1 atom stereocenters. The first-order valence-electron chi connectivity index (χ1n) is 8.07. The van der Waals surface area contributed by atoms with E-state index in [-0.39, 0.29) is 0 Å². The van der Waals surface area contributed by atoms with Crippen molar-refractivity contribution >= 4 is 5.69 Å². The fourth-order valence-electron chi connectivity index (χ4n) is 3.74. The molecule has 0 aromatic heterocycles. The van der Waals surface area contributed by atoms with Gasteiger partial charge in [0, 0.05) is 44.0 Å². The molecule has 1 aliphatic carbocycles. The van der Waals surface area contributed by atoms with E-state index in [1.54, 1.807) is 0 Å². The monoisotopic (exact) mass is 273 g/mol. The maximum atomic E-state index is 5.77. The zero-order valence-corrected chi connectivity index (χ0v) is 12.6. The number of rotatable bonds is 3. The van der Waals surface area contributed by atoms with Crippen molar-refractivity contribution in [1.29, 1.82) is 0 Å². The van der Waals surface area contributed by atoms with Crippen LogP contribution in [-0.2, 0) is 0 Å². The molecule has 1 saturated heterocycles. The van der Waals surface area contributed by atoms with Gasteiger partial charge in [-0.05, 0) is 37.5 Å². The highest BCUT2D eigenvalue weighted by Gasteiger charge is 2.27. The third-order valence-corrected chi connectivity index (χ3v) is 5.16. The van der Waals surface area contributed by atoms with E-state index >= 15 is 0 Å². The second-order valence-electron chi connectivity index (χ2n) is 6.35. The number of benzene rings is 1. The van der Waals surface area contributed by atoms with Gasteiger partial charge in [0.1, 0.15) is 0 Å². The lowest BCUT2D eigenvalue weighted by Gasteiger charge is -2.40. The minimum Gasteiger partial charge on any atom is -0.399 e. The first-order valence-corrected chi connectivity index (χ1v) is 8.07. The summed E-state index contributed by atoms with van der Waals surface area (Å²) in [5.74, 6) is 0. The lowest BCUT2D eigenvalue weighted by molar-refractivity contribution is 0.0751. The molecule has 0 bridgehead atoms. The molecule has 1 saturated carbocycles. The number of piperazine rings is 1. The Morgan fingerprint density at radius 3 is 2.20 bits per heavy atom. The second kappa shape index (κ2) is 6.15. The van der Waals surface area contributed by atoms with Gasteiger partial charge in [-0.3, -0.25) is 9.80 Å². The van der Waals surface area contributed by atoms with Gasteiger partial charge in [0.2, 0.25) is 0 Å². The molecule has 1 aromatic rings. The summed E-state index contributed by atoms with van der Waals surface area (Å²) in [6, 6.07) is 9.75. The van der Waals surface area contributed by atoms with Crippen molar-refractivity contribution in [1.82, 2.24) is 9.80 Å². The van der Waals surface area contributed by atoms with Crippen molar-refractivity contribution in [3.8, 4) is 0 Å². The molecule has 110 valence electrons. The smallest absolute Gasteiger partial charge is 0.0320 e. The van der Waals surface area contributed by atoms with Crippen LogP contribution >= 0.6 is 0 Å². The SMILES string of the molecule is CC(c1ccc(N)cc1)N1CCN(C2CCCC2)CC1. The largest absolute Gasteiger partial charge is 0.399 e. The van der Waals surface area contributed by atoms with E-state index in [1.165, 1.54) is 57.4 Å². The van der Waals surface area contributed by atoms with Crippen LogP contribution in [-0.4, -0.2) is 42.0 Å². The number of hydrogen-bond donors (Lipinski definition) is 1. The van der Waals surface area contributed by atoms with E-state index in [0.29, 0.717) is 6.04 Å².